The highest BCUT2D eigenvalue weighted by Crippen LogP contribution is 2.35. The molecule has 3 aliphatic rings. The first kappa shape index (κ1) is 68.1. The predicted octanol–water partition coefficient (Wildman–Crippen LogP) is 7.77. The number of likely N-dealkylation sites (tertiary alicyclic amines) is 1. The molecule has 4 aromatic carbocycles. The number of hydrogen-bond acceptors (Lipinski definition) is 18. The fourth-order valence-electron chi connectivity index (χ4n) is 11.5. The number of rotatable bonds is 32. The number of H-pyrrole nitrogens is 1. The van der Waals surface area contributed by atoms with E-state index in [1.165, 1.54) is 17.0 Å². The molecule has 0 spiro atoms. The van der Waals surface area contributed by atoms with Crippen LogP contribution in [0.2, 0.25) is 0 Å². The zero-order valence-corrected chi connectivity index (χ0v) is 53.2. The highest BCUT2D eigenvalue weighted by Gasteiger charge is 2.44. The summed E-state index contributed by atoms with van der Waals surface area (Å²) in [7, 11) is 0. The van der Waals surface area contributed by atoms with Crippen LogP contribution in [-0.2, 0) is 60.4 Å². The molecule has 0 bridgehead atoms. The molecule has 3 fully saturated rings. The van der Waals surface area contributed by atoms with E-state index in [4.69, 9.17) is 28.4 Å². The Bertz CT molecular complexity index is 3360. The third-order valence-corrected chi connectivity index (χ3v) is 17.5. The van der Waals surface area contributed by atoms with Crippen molar-refractivity contribution >= 4 is 68.9 Å². The first-order valence-corrected chi connectivity index (χ1v) is 32.2. The predicted molar refractivity (Wildman–Crippen MR) is 342 cm³/mol. The second-order valence-corrected chi connectivity index (χ2v) is 25.2. The lowest BCUT2D eigenvalue weighted by atomic mass is 9.77. The lowest BCUT2D eigenvalue weighted by molar-refractivity contribution is -0.154. The quantitative estimate of drug-likeness (QED) is 0.0200. The number of ketones is 1. The topological polar surface area (TPSA) is 248 Å². The Hall–Kier alpha value is -7.29. The van der Waals surface area contributed by atoms with Crippen LogP contribution in [0.3, 0.4) is 0 Å². The molecule has 2 aromatic heterocycles. The Morgan fingerprint density at radius 3 is 2.14 bits per heavy atom. The number of β-amino-alcohol motifs (C(OH)–C–C–N with tert-alkyl or cyclic N) is 1. The monoisotopic (exact) mass is 1280 g/mol. The molecule has 0 aliphatic carbocycles. The van der Waals surface area contributed by atoms with Crippen LogP contribution < -0.4 is 20.9 Å². The average Bonchev–Trinajstić information content (AvgIpc) is 1.93. The van der Waals surface area contributed by atoms with Gasteiger partial charge in [-0.15, -0.1) is 11.3 Å². The molecular weight excluding hydrogens is 1190 g/mol. The van der Waals surface area contributed by atoms with Gasteiger partial charge in [-0.05, 0) is 103 Å². The molecule has 3 saturated heterocycles. The number of fused-ring (bicyclic) bond motifs is 1. The van der Waals surface area contributed by atoms with Gasteiger partial charge in [0.2, 0.25) is 11.8 Å². The van der Waals surface area contributed by atoms with Crippen molar-refractivity contribution in [2.75, 3.05) is 134 Å². The van der Waals surface area contributed by atoms with Gasteiger partial charge in [0.25, 0.3) is 5.91 Å². The number of aryl methyl sites for hydroxylation is 2. The fraction of sp³-hybridized carbons (Fsp3) is 0.507. The number of benzene rings is 4. The van der Waals surface area contributed by atoms with Crippen molar-refractivity contribution in [1.29, 1.82) is 0 Å². The molecule has 3 atom stereocenters. The van der Waals surface area contributed by atoms with E-state index in [0.717, 1.165) is 51.9 Å². The van der Waals surface area contributed by atoms with Crippen molar-refractivity contribution in [2.45, 2.75) is 90.8 Å². The van der Waals surface area contributed by atoms with Gasteiger partial charge in [-0.2, -0.15) is 5.10 Å². The highest BCUT2D eigenvalue weighted by molar-refractivity contribution is 7.13. The second-order valence-electron chi connectivity index (χ2n) is 24.4. The number of ether oxygens (including phenoxy) is 6. The third-order valence-electron chi connectivity index (χ3n) is 16.6. The molecule has 3 aliphatic heterocycles. The number of thiazole rings is 1. The normalized spacial score (nSPS) is 16.9. The van der Waals surface area contributed by atoms with E-state index < -0.39 is 41.1 Å². The molecule has 24 heteroatoms. The number of carbonyl (C=O) groups is 5. The maximum atomic E-state index is 14.0. The van der Waals surface area contributed by atoms with Crippen LogP contribution in [-0.4, -0.2) is 196 Å². The van der Waals surface area contributed by atoms with Crippen molar-refractivity contribution in [1.82, 2.24) is 30.3 Å². The smallest absolute Gasteiger partial charge is 0.306 e. The molecule has 0 radical (unpaired) electrons. The van der Waals surface area contributed by atoms with Gasteiger partial charge in [0, 0.05) is 94.2 Å². The number of aliphatic hydroxyl groups excluding tert-OH is 1. The van der Waals surface area contributed by atoms with Gasteiger partial charge in [-0.1, -0.05) is 51.1 Å². The summed E-state index contributed by atoms with van der Waals surface area (Å²) in [5.41, 5.74) is 8.32. The van der Waals surface area contributed by atoms with E-state index in [2.05, 4.69) is 40.9 Å². The Morgan fingerprint density at radius 2 is 1.47 bits per heavy atom. The Morgan fingerprint density at radius 1 is 0.802 bits per heavy atom. The number of halogens is 2. The number of aliphatic hydroxyl groups is 1. The first-order valence-electron chi connectivity index (χ1n) is 31.4. The van der Waals surface area contributed by atoms with E-state index in [-0.39, 0.29) is 81.7 Å². The van der Waals surface area contributed by atoms with Gasteiger partial charge < -0.3 is 59.3 Å². The highest BCUT2D eigenvalue weighted by atomic mass is 32.1. The molecule has 490 valence electrons. The minimum atomic E-state index is -0.834. The van der Waals surface area contributed by atoms with Gasteiger partial charge in [0.1, 0.15) is 18.2 Å². The van der Waals surface area contributed by atoms with Crippen LogP contribution in [0.4, 0.5) is 26.0 Å². The Labute approximate surface area is 533 Å². The first-order chi connectivity index (χ1) is 43.9. The van der Waals surface area contributed by atoms with Crippen molar-refractivity contribution < 1.29 is 66.3 Å². The van der Waals surface area contributed by atoms with Crippen LogP contribution in [0.1, 0.15) is 85.6 Å². The number of carbonyl (C=O) groups excluding carboxylic acids is 5. The SMILES string of the molecule is Cc1ncsc1-c1ccc(CCC(=O)[C@@H]2C[C@@H](O)CN2C(=O)[C@@H](CC(=O)OCCOCCOCCOCCOCCNC(=O)CN2CCN(c3ccc(C(=O)Nc4n[nH]c5ccc(Cc6cc(F)cc(F)c6)cc45)c(NC4CCOCC4)c3)CC2)C(C)(C)C)cc1. The molecule has 5 heterocycles. The van der Waals surface area contributed by atoms with E-state index in [1.807, 2.05) is 93.9 Å². The number of amides is 3. The number of aromatic nitrogens is 3. The number of Topliss-reactive ketones (excluding diaryl/α,β-unsaturated/α-hetero) is 1. The number of anilines is 3. The molecule has 3 amide bonds. The Kier molecular flexibility index (Phi) is 24.9. The average molecular weight is 1280 g/mol. The molecule has 6 aromatic rings. The molecule has 21 nitrogen and oxygen atoms in total. The van der Waals surface area contributed by atoms with Crippen LogP contribution in [0.25, 0.3) is 21.3 Å². The van der Waals surface area contributed by atoms with E-state index in [9.17, 15) is 37.9 Å². The molecule has 5 N–H and O–H groups in total. The number of piperazine rings is 1. The van der Waals surface area contributed by atoms with Crippen molar-refractivity contribution in [3.8, 4) is 10.4 Å². The van der Waals surface area contributed by atoms with E-state index in [0.29, 0.717) is 132 Å². The van der Waals surface area contributed by atoms with Crippen LogP contribution >= 0.6 is 11.3 Å². The standard InChI is InChI=1S/C67H85F2N9O12S/c1-44-63(91-43-71-44)48-9-5-45(6-10-48)8-14-60(80)59-39-53(79)41-78(59)66(84)56(67(2,3)4)40-62(82)90-32-31-89-30-29-88-28-27-87-26-25-86-24-17-70-61(81)42-76-18-20-77(21-19-76)52-11-12-54(58(38-52)72-51-15-22-85-23-16-51)65(83)73-64-55-36-46(7-13-57(55)74-75-64)33-47-34-49(68)37-50(69)35-47/h5-7,9-13,34-38,43,51,53,56,59,72,79H,8,14-33,39-42H2,1-4H3,(H,70,81)(H2,73,74,75,83)/t53-,56-,59+/m1/s1. The summed E-state index contributed by atoms with van der Waals surface area (Å²) in [5, 5.41) is 28.2. The van der Waals surface area contributed by atoms with Crippen LogP contribution in [0.15, 0.2) is 84.4 Å². The minimum absolute atomic E-state index is 0.00341. The fourth-order valence-corrected chi connectivity index (χ4v) is 12.4. The van der Waals surface area contributed by atoms with Gasteiger partial charge in [-0.25, -0.2) is 13.8 Å². The maximum absolute atomic E-state index is 14.0. The summed E-state index contributed by atoms with van der Waals surface area (Å²) in [6, 6.07) is 22.1. The molecule has 91 heavy (non-hydrogen) atoms. The number of nitrogens with one attached hydrogen (secondary N) is 4. The molecule has 0 saturated carbocycles. The summed E-state index contributed by atoms with van der Waals surface area (Å²) in [4.78, 5) is 78.8. The zero-order valence-electron chi connectivity index (χ0n) is 52.4. The maximum Gasteiger partial charge on any atom is 0.306 e. The largest absolute Gasteiger partial charge is 0.463 e. The van der Waals surface area contributed by atoms with Gasteiger partial charge in [-0.3, -0.25) is 34.0 Å². The molecule has 9 rings (SSSR count). The number of nitrogens with zero attached hydrogens (tertiary/aromatic N) is 5. The summed E-state index contributed by atoms with van der Waals surface area (Å²) >= 11 is 1.58. The minimum Gasteiger partial charge on any atom is -0.463 e. The number of hydrogen-bond donors (Lipinski definition) is 5. The van der Waals surface area contributed by atoms with Crippen LogP contribution in [0, 0.1) is 29.9 Å². The van der Waals surface area contributed by atoms with Gasteiger partial charge in [0.15, 0.2) is 11.6 Å². The summed E-state index contributed by atoms with van der Waals surface area (Å²) in [5.74, 6) is -3.17. The van der Waals surface area contributed by atoms with Gasteiger partial charge >= 0.3 is 5.97 Å². The lowest BCUT2D eigenvalue weighted by Crippen LogP contribution is -2.49. The summed E-state index contributed by atoms with van der Waals surface area (Å²) in [6.07, 6.45) is 1.75. The van der Waals surface area contributed by atoms with Gasteiger partial charge in [0.05, 0.1) is 111 Å². The zero-order chi connectivity index (χ0) is 64.3. The van der Waals surface area contributed by atoms with E-state index >= 15 is 0 Å². The third kappa shape index (κ3) is 20.1. The summed E-state index contributed by atoms with van der Waals surface area (Å²) < 4.78 is 61.4. The second kappa shape index (κ2) is 33.3. The van der Waals surface area contributed by atoms with E-state index in [1.54, 1.807) is 11.3 Å². The van der Waals surface area contributed by atoms with Crippen molar-refractivity contribution in [3.05, 3.63) is 124 Å². The van der Waals surface area contributed by atoms with Crippen LogP contribution in [0.5, 0.6) is 0 Å². The summed E-state index contributed by atoms with van der Waals surface area (Å²) in [6.45, 7) is 14.6. The van der Waals surface area contributed by atoms with Crippen molar-refractivity contribution in [2.24, 2.45) is 11.3 Å². The molecule has 0 unspecified atom stereocenters. The van der Waals surface area contributed by atoms with Crippen molar-refractivity contribution in [3.63, 3.8) is 0 Å². The number of aromatic amines is 1. The lowest BCUT2D eigenvalue weighted by Gasteiger charge is -2.36. The Balaban J connectivity index is 0.598. The number of esters is 1. The molecular formula is C67H85F2N9O12S.